The third-order valence-corrected chi connectivity index (χ3v) is 14.5. The molecule has 0 aromatic rings. The Bertz CT molecular complexity index is 298. The van der Waals surface area contributed by atoms with Gasteiger partial charge in [-0.1, -0.05) is 26.2 Å². The highest BCUT2D eigenvalue weighted by Gasteiger charge is 2.55. The van der Waals surface area contributed by atoms with Crippen molar-refractivity contribution in [2.45, 2.75) is 64.6 Å². The molecule has 0 aromatic heterocycles. The van der Waals surface area contributed by atoms with E-state index in [1.165, 1.54) is 12.1 Å². The van der Waals surface area contributed by atoms with Crippen molar-refractivity contribution < 1.29 is 9.53 Å². The lowest BCUT2D eigenvalue weighted by molar-refractivity contribution is -0.151. The van der Waals surface area contributed by atoms with Crippen LogP contribution < -0.4 is 0 Å². The van der Waals surface area contributed by atoms with Gasteiger partial charge in [0.15, 0.2) is 0 Å². The monoisotopic (exact) mass is 272 g/mol. The smallest absolute Gasteiger partial charge is 0.324 e. The highest BCUT2D eigenvalue weighted by Crippen LogP contribution is 2.42. The molecule has 1 aliphatic rings. The first-order chi connectivity index (χ1) is 7.55. The van der Waals surface area contributed by atoms with Gasteiger partial charge in [-0.3, -0.25) is 4.79 Å². The van der Waals surface area contributed by atoms with E-state index in [1.54, 1.807) is 0 Å². The Labute approximate surface area is 108 Å². The van der Waals surface area contributed by atoms with Gasteiger partial charge in [0.05, 0.1) is 6.61 Å². The third-order valence-electron chi connectivity index (χ3n) is 3.89. The predicted octanol–water partition coefficient (Wildman–Crippen LogP) is 3.05. The maximum atomic E-state index is 12.2. The van der Waals surface area contributed by atoms with E-state index >= 15 is 0 Å². The minimum Gasteiger partial charge on any atom is -0.465 e. The number of rotatable bonds is 3. The fourth-order valence-electron chi connectivity index (χ4n) is 3.57. The first kappa shape index (κ1) is 14.9. The molecule has 3 nitrogen and oxygen atoms in total. The SMILES string of the molecule is CCOC(=O)C(C)([11CH3])N1[Si](C)(C)CC[Si]1(C)C. The molecule has 1 unspecified atom stereocenters. The summed E-state index contributed by atoms with van der Waals surface area (Å²) in [5.41, 5.74) is -0.446. The van der Waals surface area contributed by atoms with E-state index in [-0.39, 0.29) is 5.97 Å². The van der Waals surface area contributed by atoms with Gasteiger partial charge in [-0.15, -0.1) is 0 Å². The van der Waals surface area contributed by atoms with Crippen molar-refractivity contribution >= 4 is 22.4 Å². The summed E-state index contributed by atoms with van der Waals surface area (Å²) in [5.74, 6) is -0.0527. The van der Waals surface area contributed by atoms with E-state index in [4.69, 9.17) is 4.74 Å². The van der Waals surface area contributed by atoms with Crippen LogP contribution in [0.15, 0.2) is 0 Å². The number of ether oxygens (including phenoxy) is 1. The molecule has 1 fully saturated rings. The Morgan fingerprint density at radius 1 is 1.18 bits per heavy atom. The van der Waals surface area contributed by atoms with Crippen LogP contribution in [0.1, 0.15) is 20.8 Å². The molecule has 1 saturated heterocycles. The highest BCUT2D eigenvalue weighted by molar-refractivity contribution is 6.95. The Hall–Kier alpha value is -0.136. The van der Waals surface area contributed by atoms with Crippen LogP contribution in [0.25, 0.3) is 0 Å². The molecule has 0 aromatic carbocycles. The molecule has 0 aliphatic carbocycles. The second-order valence-corrected chi connectivity index (χ2v) is 16.3. The van der Waals surface area contributed by atoms with Crippen LogP contribution >= 0.6 is 0 Å². The Balaban J connectivity index is 3.07. The third kappa shape index (κ3) is 2.66. The molecule has 0 radical (unpaired) electrons. The maximum absolute atomic E-state index is 12.2. The number of hydrogen-bond donors (Lipinski definition) is 0. The molecule has 17 heavy (non-hydrogen) atoms. The summed E-state index contributed by atoms with van der Waals surface area (Å²) >= 11 is 0. The fourth-order valence-corrected chi connectivity index (χ4v) is 19.3. The molecule has 0 bridgehead atoms. The molecule has 0 spiro atoms. The van der Waals surface area contributed by atoms with E-state index in [0.717, 1.165) is 0 Å². The maximum Gasteiger partial charge on any atom is 0.324 e. The molecule has 1 heterocycles. The average Bonchev–Trinajstić information content (AvgIpc) is 2.36. The predicted molar refractivity (Wildman–Crippen MR) is 77.1 cm³/mol. The molecule has 100 valence electrons. The Morgan fingerprint density at radius 3 is 1.94 bits per heavy atom. The topological polar surface area (TPSA) is 29.5 Å². The Morgan fingerprint density at radius 2 is 1.59 bits per heavy atom. The average molecular weight is 273 g/mol. The lowest BCUT2D eigenvalue weighted by atomic mass is 9.88. The van der Waals surface area contributed by atoms with Crippen molar-refractivity contribution in [3.05, 3.63) is 0 Å². The largest absolute Gasteiger partial charge is 0.465 e. The first-order valence-corrected chi connectivity index (χ1v) is 12.8. The van der Waals surface area contributed by atoms with Gasteiger partial charge in [-0.05, 0) is 32.9 Å². The van der Waals surface area contributed by atoms with Crippen molar-refractivity contribution in [3.8, 4) is 0 Å². The molecule has 1 aliphatic heterocycles. The van der Waals surface area contributed by atoms with E-state index in [9.17, 15) is 4.79 Å². The lowest BCUT2D eigenvalue weighted by Crippen LogP contribution is -2.67. The summed E-state index contributed by atoms with van der Waals surface area (Å²) in [7, 11) is -2.88. The van der Waals surface area contributed by atoms with Gasteiger partial charge >= 0.3 is 5.97 Å². The van der Waals surface area contributed by atoms with Gasteiger partial charge in [0, 0.05) is 0 Å². The standard InChI is InChI=1S/C12H27NO2Si2/c1-8-15-11(14)12(2,3)13-16(4,5)9-10-17(13,6)7/h8-10H2,1-7H3/i2-1. The summed E-state index contributed by atoms with van der Waals surface area (Å²) in [6.07, 6.45) is 0. The molecule has 5 heteroatoms. The van der Waals surface area contributed by atoms with Crippen molar-refractivity contribution in [2.75, 3.05) is 6.61 Å². The van der Waals surface area contributed by atoms with E-state index in [0.29, 0.717) is 6.61 Å². The van der Waals surface area contributed by atoms with Crippen LogP contribution in [0.5, 0.6) is 0 Å². The number of carbonyl (C=O) groups excluding carboxylic acids is 1. The Kier molecular flexibility index (Phi) is 3.96. The number of carbonyl (C=O) groups is 1. The van der Waals surface area contributed by atoms with Crippen LogP contribution in [0, 0.1) is 0 Å². The zero-order chi connectivity index (χ0) is 13.5. The minimum atomic E-state index is -1.44. The van der Waals surface area contributed by atoms with Crippen molar-refractivity contribution in [3.63, 3.8) is 0 Å². The van der Waals surface area contributed by atoms with Crippen LogP contribution in [-0.4, -0.2) is 38.8 Å². The van der Waals surface area contributed by atoms with Crippen LogP contribution in [-0.2, 0) is 9.53 Å². The van der Waals surface area contributed by atoms with Crippen molar-refractivity contribution in [1.29, 1.82) is 0 Å². The molecule has 0 amide bonds. The summed E-state index contributed by atoms with van der Waals surface area (Å²) in [4.78, 5) is 12.2. The minimum absolute atomic E-state index is 0.0527. The second-order valence-electron chi connectivity index (χ2n) is 6.74. The number of esters is 1. The quantitative estimate of drug-likeness (QED) is 0.584. The van der Waals surface area contributed by atoms with Gasteiger partial charge < -0.3 is 8.97 Å². The van der Waals surface area contributed by atoms with E-state index < -0.39 is 22.0 Å². The van der Waals surface area contributed by atoms with E-state index in [2.05, 4.69) is 30.4 Å². The lowest BCUT2D eigenvalue weighted by Gasteiger charge is -2.48. The van der Waals surface area contributed by atoms with Crippen LogP contribution in [0.4, 0.5) is 0 Å². The van der Waals surface area contributed by atoms with Gasteiger partial charge in [0.25, 0.3) is 0 Å². The molecule has 0 saturated carbocycles. The first-order valence-electron chi connectivity index (χ1n) is 6.53. The number of nitrogens with zero attached hydrogens (tertiary/aromatic N) is 1. The van der Waals surface area contributed by atoms with Crippen LogP contribution in [0.2, 0.25) is 38.3 Å². The summed E-state index contributed by atoms with van der Waals surface area (Å²) in [6.45, 7) is 16.0. The second kappa shape index (κ2) is 4.51. The molecule has 0 N–H and O–H groups in total. The molecular formula is C12H27NO2Si2. The summed E-state index contributed by atoms with van der Waals surface area (Å²) in [5, 5.41) is 0. The van der Waals surface area contributed by atoms with Gasteiger partial charge in [0.2, 0.25) is 0 Å². The van der Waals surface area contributed by atoms with Gasteiger partial charge in [0.1, 0.15) is 22.0 Å². The van der Waals surface area contributed by atoms with Crippen molar-refractivity contribution in [2.24, 2.45) is 0 Å². The van der Waals surface area contributed by atoms with Gasteiger partial charge in [-0.2, -0.15) is 0 Å². The summed E-state index contributed by atoms with van der Waals surface area (Å²) in [6, 6.07) is 2.63. The fraction of sp³-hybridized carbons (Fsp3) is 0.917. The van der Waals surface area contributed by atoms with Crippen LogP contribution in [0.3, 0.4) is 0 Å². The molecule has 1 rings (SSSR count). The zero-order valence-corrected chi connectivity index (χ0v) is 14.4. The highest BCUT2D eigenvalue weighted by atomic mass is 28.4. The molecular weight excluding hydrogens is 245 g/mol. The van der Waals surface area contributed by atoms with Crippen molar-refractivity contribution in [1.82, 2.24) is 4.23 Å². The van der Waals surface area contributed by atoms with E-state index in [1.807, 2.05) is 20.8 Å². The van der Waals surface area contributed by atoms with Gasteiger partial charge in [-0.25, -0.2) is 0 Å². The summed E-state index contributed by atoms with van der Waals surface area (Å²) < 4.78 is 7.87. The normalized spacial score (nSPS) is 26.5. The zero-order valence-electron chi connectivity index (χ0n) is 12.4. The molecule has 1 atom stereocenters. The number of hydrogen-bond acceptors (Lipinski definition) is 3.